The van der Waals surface area contributed by atoms with E-state index in [0.717, 1.165) is 18.7 Å². The van der Waals surface area contributed by atoms with E-state index in [-0.39, 0.29) is 6.10 Å². The zero-order chi connectivity index (χ0) is 15.2. The van der Waals surface area contributed by atoms with Gasteiger partial charge < -0.3 is 15.0 Å². The Hall–Kier alpha value is -1.65. The molecule has 2 rings (SSSR count). The largest absolute Gasteiger partial charge is 0.393 e. The summed E-state index contributed by atoms with van der Waals surface area (Å²) in [7, 11) is 0. The Kier molecular flexibility index (Phi) is 5.53. The van der Waals surface area contributed by atoms with Crippen LogP contribution in [0.3, 0.4) is 0 Å². The normalized spacial score (nSPS) is 15.6. The Labute approximate surface area is 126 Å². The van der Waals surface area contributed by atoms with Crippen molar-refractivity contribution >= 4 is 0 Å². The number of rotatable bonds is 7. The van der Waals surface area contributed by atoms with Crippen molar-refractivity contribution in [2.45, 2.75) is 39.3 Å². The first-order chi connectivity index (χ1) is 10.1. The van der Waals surface area contributed by atoms with Crippen molar-refractivity contribution in [1.82, 2.24) is 14.9 Å². The number of nitrogens with zero attached hydrogens (tertiary/aromatic N) is 2. The molecular weight excluding hydrogens is 262 g/mol. The molecule has 4 heteroatoms. The van der Waals surface area contributed by atoms with Gasteiger partial charge in [0.1, 0.15) is 0 Å². The van der Waals surface area contributed by atoms with Crippen LogP contribution in [0.15, 0.2) is 43.0 Å². The average Bonchev–Trinajstić information content (AvgIpc) is 2.98. The Bertz CT molecular complexity index is 519. The molecule has 3 atom stereocenters. The fraction of sp³-hybridized carbons (Fsp3) is 0.471. The summed E-state index contributed by atoms with van der Waals surface area (Å²) in [5, 5.41) is 12.9. The molecule has 1 heterocycles. The number of benzene rings is 1. The lowest BCUT2D eigenvalue weighted by Crippen LogP contribution is -2.26. The van der Waals surface area contributed by atoms with Crippen LogP contribution in [0.5, 0.6) is 0 Å². The first-order valence-electron chi connectivity index (χ1n) is 7.56. The summed E-state index contributed by atoms with van der Waals surface area (Å²) < 4.78 is 1.99. The van der Waals surface area contributed by atoms with Gasteiger partial charge in [-0.1, -0.05) is 19.1 Å². The van der Waals surface area contributed by atoms with E-state index >= 15 is 0 Å². The lowest BCUT2D eigenvalue weighted by Gasteiger charge is -2.19. The second-order valence-corrected chi connectivity index (χ2v) is 5.88. The maximum absolute atomic E-state index is 9.39. The van der Waals surface area contributed by atoms with Crippen molar-refractivity contribution in [3.05, 3.63) is 48.5 Å². The van der Waals surface area contributed by atoms with Gasteiger partial charge in [-0.05, 0) is 50.4 Å². The van der Waals surface area contributed by atoms with Gasteiger partial charge in [-0.25, -0.2) is 4.98 Å². The number of hydrogen-bond acceptors (Lipinski definition) is 3. The van der Waals surface area contributed by atoms with E-state index in [1.54, 1.807) is 12.5 Å². The average molecular weight is 287 g/mol. The summed E-state index contributed by atoms with van der Waals surface area (Å²) in [6.07, 6.45) is 6.12. The van der Waals surface area contributed by atoms with Crippen LogP contribution in [-0.2, 0) is 0 Å². The number of aliphatic hydroxyl groups excluding tert-OH is 1. The molecule has 0 aliphatic heterocycles. The molecule has 114 valence electrons. The maximum Gasteiger partial charge on any atom is 0.0991 e. The Balaban J connectivity index is 1.89. The van der Waals surface area contributed by atoms with Gasteiger partial charge in [-0.3, -0.25) is 0 Å². The highest BCUT2D eigenvalue weighted by atomic mass is 16.3. The van der Waals surface area contributed by atoms with Crippen molar-refractivity contribution in [2.75, 3.05) is 6.54 Å². The van der Waals surface area contributed by atoms with Gasteiger partial charge in [0.15, 0.2) is 0 Å². The minimum absolute atomic E-state index is 0.230. The number of aromatic nitrogens is 2. The van der Waals surface area contributed by atoms with Gasteiger partial charge >= 0.3 is 0 Å². The molecule has 21 heavy (non-hydrogen) atoms. The van der Waals surface area contributed by atoms with Gasteiger partial charge in [0, 0.05) is 24.1 Å². The van der Waals surface area contributed by atoms with Crippen LogP contribution in [0, 0.1) is 5.92 Å². The van der Waals surface area contributed by atoms with Gasteiger partial charge in [0.25, 0.3) is 0 Å². The van der Waals surface area contributed by atoms with E-state index in [9.17, 15) is 5.11 Å². The van der Waals surface area contributed by atoms with Crippen molar-refractivity contribution in [3.8, 4) is 5.69 Å². The van der Waals surface area contributed by atoms with E-state index in [2.05, 4.69) is 48.4 Å². The Morgan fingerprint density at radius 1 is 1.19 bits per heavy atom. The summed E-state index contributed by atoms with van der Waals surface area (Å²) in [6, 6.07) is 8.81. The molecule has 1 aromatic carbocycles. The summed E-state index contributed by atoms with van der Waals surface area (Å²) in [5.74, 6) is 0.470. The number of hydrogen-bond donors (Lipinski definition) is 2. The standard InChI is InChI=1S/C17H25N3O/c1-13(10-14(2)21)11-19-15(3)16-4-6-17(7-5-16)20-9-8-18-12-20/h4-9,12-15,19,21H,10-11H2,1-3H3. The van der Waals surface area contributed by atoms with E-state index in [0.29, 0.717) is 12.0 Å². The molecule has 2 N–H and O–H groups in total. The van der Waals surface area contributed by atoms with E-state index in [4.69, 9.17) is 0 Å². The predicted molar refractivity (Wildman–Crippen MR) is 85.4 cm³/mol. The van der Waals surface area contributed by atoms with Crippen LogP contribution in [0.4, 0.5) is 0 Å². The predicted octanol–water partition coefficient (Wildman–Crippen LogP) is 2.93. The van der Waals surface area contributed by atoms with Crippen molar-refractivity contribution < 1.29 is 5.11 Å². The highest BCUT2D eigenvalue weighted by Crippen LogP contribution is 2.16. The molecule has 2 aromatic rings. The molecule has 0 bridgehead atoms. The van der Waals surface area contributed by atoms with Crippen LogP contribution in [0.1, 0.15) is 38.8 Å². The quantitative estimate of drug-likeness (QED) is 0.823. The smallest absolute Gasteiger partial charge is 0.0991 e. The molecule has 0 saturated carbocycles. The highest BCUT2D eigenvalue weighted by Gasteiger charge is 2.09. The number of aliphatic hydroxyl groups is 1. The van der Waals surface area contributed by atoms with Gasteiger partial charge in [-0.15, -0.1) is 0 Å². The SMILES string of the molecule is CC(O)CC(C)CNC(C)c1ccc(-n2ccnc2)cc1. The number of imidazole rings is 1. The van der Waals surface area contributed by atoms with E-state index in [1.807, 2.05) is 17.7 Å². The lowest BCUT2D eigenvalue weighted by molar-refractivity contribution is 0.162. The first kappa shape index (κ1) is 15.7. The molecule has 0 fully saturated rings. The summed E-state index contributed by atoms with van der Waals surface area (Å²) in [6.45, 7) is 7.08. The van der Waals surface area contributed by atoms with E-state index in [1.165, 1.54) is 5.56 Å². The van der Waals surface area contributed by atoms with Gasteiger partial charge in [-0.2, -0.15) is 0 Å². The third kappa shape index (κ3) is 4.69. The first-order valence-corrected chi connectivity index (χ1v) is 7.56. The topological polar surface area (TPSA) is 50.1 Å². The molecule has 0 radical (unpaired) electrons. The Morgan fingerprint density at radius 2 is 1.90 bits per heavy atom. The molecule has 0 spiro atoms. The van der Waals surface area contributed by atoms with Crippen LogP contribution in [-0.4, -0.2) is 27.3 Å². The maximum atomic E-state index is 9.39. The summed E-state index contributed by atoms with van der Waals surface area (Å²) >= 11 is 0. The molecule has 1 aromatic heterocycles. The lowest BCUT2D eigenvalue weighted by atomic mass is 10.0. The van der Waals surface area contributed by atoms with Crippen molar-refractivity contribution in [3.63, 3.8) is 0 Å². The van der Waals surface area contributed by atoms with Crippen LogP contribution >= 0.6 is 0 Å². The molecular formula is C17H25N3O. The van der Waals surface area contributed by atoms with E-state index < -0.39 is 0 Å². The number of nitrogens with one attached hydrogen (secondary N) is 1. The molecule has 0 amide bonds. The third-order valence-corrected chi connectivity index (χ3v) is 3.71. The van der Waals surface area contributed by atoms with Crippen LogP contribution in [0.25, 0.3) is 5.69 Å². The Morgan fingerprint density at radius 3 is 2.48 bits per heavy atom. The minimum Gasteiger partial charge on any atom is -0.393 e. The van der Waals surface area contributed by atoms with Crippen LogP contribution < -0.4 is 5.32 Å². The molecule has 0 aliphatic carbocycles. The monoisotopic (exact) mass is 287 g/mol. The molecule has 3 unspecified atom stereocenters. The van der Waals surface area contributed by atoms with Crippen molar-refractivity contribution in [1.29, 1.82) is 0 Å². The van der Waals surface area contributed by atoms with Crippen LogP contribution in [0.2, 0.25) is 0 Å². The molecule has 0 aliphatic rings. The summed E-state index contributed by atoms with van der Waals surface area (Å²) in [5.41, 5.74) is 2.38. The second kappa shape index (κ2) is 7.38. The van der Waals surface area contributed by atoms with Gasteiger partial charge in [0.2, 0.25) is 0 Å². The fourth-order valence-electron chi connectivity index (χ4n) is 2.51. The highest BCUT2D eigenvalue weighted by molar-refractivity contribution is 5.35. The van der Waals surface area contributed by atoms with Gasteiger partial charge in [0.05, 0.1) is 12.4 Å². The molecule has 4 nitrogen and oxygen atoms in total. The summed E-state index contributed by atoms with van der Waals surface area (Å²) in [4.78, 5) is 4.06. The zero-order valence-electron chi connectivity index (χ0n) is 13.0. The van der Waals surface area contributed by atoms with Crippen molar-refractivity contribution in [2.24, 2.45) is 5.92 Å². The fourth-order valence-corrected chi connectivity index (χ4v) is 2.51. The minimum atomic E-state index is -0.230. The second-order valence-electron chi connectivity index (χ2n) is 5.88. The molecule has 0 saturated heterocycles. The zero-order valence-corrected chi connectivity index (χ0v) is 13.0. The third-order valence-electron chi connectivity index (χ3n) is 3.71.